The van der Waals surface area contributed by atoms with E-state index in [2.05, 4.69) is 24.8 Å². The molecule has 3 aromatic rings. The van der Waals surface area contributed by atoms with Crippen molar-refractivity contribution in [2.24, 2.45) is 5.92 Å². The molecule has 1 N–H and O–H groups in total. The lowest BCUT2D eigenvalue weighted by Gasteiger charge is -2.42. The summed E-state index contributed by atoms with van der Waals surface area (Å²) in [4.78, 5) is 48.7. The van der Waals surface area contributed by atoms with E-state index in [1.54, 1.807) is 28.1 Å². The Morgan fingerprint density at radius 2 is 1.83 bits per heavy atom. The summed E-state index contributed by atoms with van der Waals surface area (Å²) in [5, 5.41) is 7.29. The number of piperidine rings is 1. The van der Waals surface area contributed by atoms with Gasteiger partial charge in [0.15, 0.2) is 10.7 Å². The molecule has 186 valence electrons. The van der Waals surface area contributed by atoms with E-state index in [9.17, 15) is 14.4 Å². The molecule has 3 aromatic heterocycles. The number of urea groups is 1. The molecule has 0 spiro atoms. The lowest BCUT2D eigenvalue weighted by Crippen LogP contribution is -2.50. The summed E-state index contributed by atoms with van der Waals surface area (Å²) in [6.07, 6.45) is 2.72. The average Bonchev–Trinajstić information content (AvgIpc) is 3.37. The predicted molar refractivity (Wildman–Crippen MR) is 134 cm³/mol. The first-order chi connectivity index (χ1) is 17.6. The fourth-order valence-corrected chi connectivity index (χ4v) is 6.03. The van der Waals surface area contributed by atoms with Gasteiger partial charge in [0.2, 0.25) is 0 Å². The van der Waals surface area contributed by atoms with Crippen LogP contribution in [0.25, 0.3) is 0 Å². The van der Waals surface area contributed by atoms with E-state index < -0.39 is 0 Å². The van der Waals surface area contributed by atoms with E-state index in [-0.39, 0.29) is 35.0 Å². The number of hydrogen-bond acceptors (Lipinski definition) is 8. The van der Waals surface area contributed by atoms with Crippen molar-refractivity contribution < 1.29 is 9.59 Å². The average molecular weight is 507 g/mol. The molecule has 2 saturated heterocycles. The summed E-state index contributed by atoms with van der Waals surface area (Å²) in [5.41, 5.74) is 1.16. The molecule has 11 nitrogen and oxygen atoms in total. The molecular formula is C24H26N8O3S. The van der Waals surface area contributed by atoms with Crippen LogP contribution in [0.5, 0.6) is 0 Å². The van der Waals surface area contributed by atoms with Gasteiger partial charge in [-0.15, -0.1) is 5.10 Å². The van der Waals surface area contributed by atoms with Crippen LogP contribution in [0.4, 0.5) is 15.6 Å². The monoisotopic (exact) mass is 506 g/mol. The first kappa shape index (κ1) is 22.7. The molecule has 2 fully saturated rings. The maximum Gasteiger partial charge on any atom is 0.322 e. The summed E-state index contributed by atoms with van der Waals surface area (Å²) < 4.78 is 5.79. The smallest absolute Gasteiger partial charge is 0.322 e. The SMILES string of the molecule is O=C(Nc1snnc1C(=O)N1CC2CC(C1)c1cccc(=O)n1C2)N1CCN(c2ccccn2)CC1. The van der Waals surface area contributed by atoms with Crippen molar-refractivity contribution in [1.82, 2.24) is 28.9 Å². The van der Waals surface area contributed by atoms with Gasteiger partial charge in [-0.2, -0.15) is 0 Å². The second-order valence-electron chi connectivity index (χ2n) is 9.45. The zero-order valence-corrected chi connectivity index (χ0v) is 20.4. The molecule has 2 bridgehead atoms. The van der Waals surface area contributed by atoms with Crippen LogP contribution in [0.3, 0.4) is 0 Å². The lowest BCUT2D eigenvalue weighted by molar-refractivity contribution is 0.0589. The quantitative estimate of drug-likeness (QED) is 0.575. The summed E-state index contributed by atoms with van der Waals surface area (Å²) >= 11 is 1.01. The molecule has 6 rings (SSSR count). The number of nitrogens with one attached hydrogen (secondary N) is 1. The highest BCUT2D eigenvalue weighted by molar-refractivity contribution is 7.10. The van der Waals surface area contributed by atoms with Gasteiger partial charge in [0.25, 0.3) is 11.5 Å². The number of likely N-dealkylation sites (tertiary alicyclic amines) is 1. The molecule has 3 aliphatic heterocycles. The standard InChI is InChI=1S/C24H26N8O3S/c33-20-6-3-4-18-17-12-16(14-32(18)20)13-31(15-17)23(34)21-22(36-28-27-21)26-24(35)30-10-8-29(9-11-30)19-5-1-2-7-25-19/h1-7,16-17H,8-15H2,(H,26,35). The number of hydrogen-bond donors (Lipinski definition) is 1. The van der Waals surface area contributed by atoms with Gasteiger partial charge in [0.1, 0.15) is 5.82 Å². The van der Waals surface area contributed by atoms with E-state index in [0.29, 0.717) is 50.8 Å². The largest absolute Gasteiger partial charge is 0.353 e. The number of anilines is 2. The van der Waals surface area contributed by atoms with E-state index in [0.717, 1.165) is 29.5 Å². The molecule has 0 saturated carbocycles. The third-order valence-corrected chi connectivity index (χ3v) is 7.86. The molecule has 2 unspecified atom stereocenters. The number of pyridine rings is 2. The van der Waals surface area contributed by atoms with Crippen molar-refractivity contribution in [2.75, 3.05) is 49.5 Å². The van der Waals surface area contributed by atoms with Gasteiger partial charge < -0.3 is 19.3 Å². The first-order valence-electron chi connectivity index (χ1n) is 12.1. The van der Waals surface area contributed by atoms with E-state index in [1.807, 2.05) is 28.8 Å². The van der Waals surface area contributed by atoms with E-state index in [4.69, 9.17) is 0 Å². The van der Waals surface area contributed by atoms with Gasteiger partial charge in [0.05, 0.1) is 0 Å². The second kappa shape index (κ2) is 9.34. The highest BCUT2D eigenvalue weighted by atomic mass is 32.1. The van der Waals surface area contributed by atoms with Crippen LogP contribution in [0.2, 0.25) is 0 Å². The van der Waals surface area contributed by atoms with Crippen molar-refractivity contribution in [3.63, 3.8) is 0 Å². The van der Waals surface area contributed by atoms with Gasteiger partial charge in [-0.3, -0.25) is 14.9 Å². The molecule has 36 heavy (non-hydrogen) atoms. The first-order valence-corrected chi connectivity index (χ1v) is 12.9. The lowest BCUT2D eigenvalue weighted by atomic mass is 9.83. The van der Waals surface area contributed by atoms with Crippen LogP contribution >= 0.6 is 11.5 Å². The minimum absolute atomic E-state index is 0.0107. The zero-order chi connectivity index (χ0) is 24.6. The fraction of sp³-hybridized carbons (Fsp3) is 0.417. The van der Waals surface area contributed by atoms with E-state index in [1.165, 1.54) is 0 Å². The highest BCUT2D eigenvalue weighted by Crippen LogP contribution is 2.36. The third-order valence-electron chi connectivity index (χ3n) is 7.22. The van der Waals surface area contributed by atoms with Crippen molar-refractivity contribution in [3.05, 3.63) is 64.3 Å². The Labute approximate surface area is 211 Å². The summed E-state index contributed by atoms with van der Waals surface area (Å²) in [6.45, 7) is 4.13. The van der Waals surface area contributed by atoms with Gasteiger partial charge >= 0.3 is 6.03 Å². The molecule has 12 heteroatoms. The minimum atomic E-state index is -0.264. The van der Waals surface area contributed by atoms with Gasteiger partial charge in [-0.05, 0) is 30.5 Å². The van der Waals surface area contributed by atoms with Crippen LogP contribution in [-0.2, 0) is 6.54 Å². The normalized spacial score (nSPS) is 21.2. The maximum atomic E-state index is 13.4. The van der Waals surface area contributed by atoms with Crippen molar-refractivity contribution in [2.45, 2.75) is 18.9 Å². The Morgan fingerprint density at radius 3 is 2.64 bits per heavy atom. The Kier molecular flexibility index (Phi) is 5.88. The maximum absolute atomic E-state index is 13.4. The number of rotatable bonds is 3. The second-order valence-corrected chi connectivity index (χ2v) is 10.2. The van der Waals surface area contributed by atoms with Crippen LogP contribution in [0, 0.1) is 5.92 Å². The highest BCUT2D eigenvalue weighted by Gasteiger charge is 2.38. The molecule has 2 atom stereocenters. The summed E-state index contributed by atoms with van der Waals surface area (Å²) in [7, 11) is 0. The number of fused-ring (bicyclic) bond motifs is 4. The fourth-order valence-electron chi connectivity index (χ4n) is 5.48. The number of carbonyl (C=O) groups excluding carboxylic acids is 2. The molecule has 3 amide bonds. The van der Waals surface area contributed by atoms with Gasteiger partial charge in [-0.1, -0.05) is 16.6 Å². The van der Waals surface area contributed by atoms with Crippen molar-refractivity contribution >= 4 is 34.3 Å². The Bertz CT molecular complexity index is 1330. The molecule has 0 radical (unpaired) electrons. The van der Waals surface area contributed by atoms with Crippen LogP contribution in [0.15, 0.2) is 47.4 Å². The molecule has 0 aromatic carbocycles. The van der Waals surface area contributed by atoms with Gasteiger partial charge in [0, 0.05) is 81.2 Å². The molecular weight excluding hydrogens is 480 g/mol. The van der Waals surface area contributed by atoms with E-state index >= 15 is 0 Å². The van der Waals surface area contributed by atoms with Crippen molar-refractivity contribution in [1.29, 1.82) is 0 Å². The number of nitrogens with zero attached hydrogens (tertiary/aromatic N) is 7. The third kappa shape index (κ3) is 4.21. The van der Waals surface area contributed by atoms with Crippen molar-refractivity contribution in [3.8, 4) is 0 Å². The Balaban J connectivity index is 1.11. The summed E-state index contributed by atoms with van der Waals surface area (Å²) in [6, 6.07) is 10.9. The molecule has 6 heterocycles. The topological polar surface area (TPSA) is 117 Å². The Morgan fingerprint density at radius 1 is 0.972 bits per heavy atom. The zero-order valence-electron chi connectivity index (χ0n) is 19.6. The molecule has 3 aliphatic rings. The number of aromatic nitrogens is 4. The summed E-state index contributed by atoms with van der Waals surface area (Å²) in [5.74, 6) is 0.979. The van der Waals surface area contributed by atoms with Gasteiger partial charge in [-0.25, -0.2) is 9.78 Å². The predicted octanol–water partition coefficient (Wildman–Crippen LogP) is 1.71. The number of piperazine rings is 1. The van der Waals surface area contributed by atoms with Crippen LogP contribution in [0.1, 0.15) is 28.5 Å². The number of carbonyl (C=O) groups is 2. The minimum Gasteiger partial charge on any atom is -0.353 e. The molecule has 0 aliphatic carbocycles. The van der Waals surface area contributed by atoms with Crippen LogP contribution < -0.4 is 15.8 Å². The van der Waals surface area contributed by atoms with Crippen LogP contribution in [-0.4, -0.2) is 80.1 Å². The Hall–Kier alpha value is -3.80. The number of amides is 3.